The number of carbonyl (C=O) groups is 2. The second-order valence-electron chi connectivity index (χ2n) is 7.92. The summed E-state index contributed by atoms with van der Waals surface area (Å²) < 4.78 is 23.6. The zero-order valence-corrected chi connectivity index (χ0v) is 18.3. The molecule has 33 heavy (non-hydrogen) atoms. The van der Waals surface area contributed by atoms with Gasteiger partial charge in [-0.1, -0.05) is 0 Å². The number of carbonyl (C=O) groups excluding carboxylic acids is 2. The molecular weight excluding hydrogens is 429 g/mol. The first-order valence-electron chi connectivity index (χ1n) is 10.6. The minimum absolute atomic E-state index is 0.00194. The number of piperidine rings is 1. The Labute approximate surface area is 190 Å². The average molecular weight is 453 g/mol. The molecule has 3 aromatic rings. The molecule has 10 heteroatoms. The van der Waals surface area contributed by atoms with E-state index in [0.717, 1.165) is 19.0 Å². The van der Waals surface area contributed by atoms with Gasteiger partial charge in [0.05, 0.1) is 49.1 Å². The lowest BCUT2D eigenvalue weighted by atomic mass is 9.93. The maximum absolute atomic E-state index is 13.7. The highest BCUT2D eigenvalue weighted by Crippen LogP contribution is 2.27. The average Bonchev–Trinajstić information content (AvgIpc) is 3.38. The van der Waals surface area contributed by atoms with Crippen molar-refractivity contribution >= 4 is 11.9 Å². The van der Waals surface area contributed by atoms with Gasteiger partial charge in [0.2, 0.25) is 5.88 Å². The van der Waals surface area contributed by atoms with Gasteiger partial charge in [0.25, 0.3) is 5.91 Å². The normalized spacial score (nSPS) is 18.1. The van der Waals surface area contributed by atoms with Crippen molar-refractivity contribution in [1.82, 2.24) is 24.9 Å². The third kappa shape index (κ3) is 5.00. The number of halogens is 1. The van der Waals surface area contributed by atoms with Crippen LogP contribution < -0.4 is 4.74 Å². The molecule has 0 aliphatic carbocycles. The van der Waals surface area contributed by atoms with E-state index in [4.69, 9.17) is 9.47 Å². The van der Waals surface area contributed by atoms with E-state index in [1.807, 2.05) is 6.92 Å². The van der Waals surface area contributed by atoms with Gasteiger partial charge in [0, 0.05) is 24.6 Å². The Balaban J connectivity index is 1.56. The number of hydrogen-bond donors (Lipinski definition) is 0. The fourth-order valence-electron chi connectivity index (χ4n) is 3.87. The van der Waals surface area contributed by atoms with Gasteiger partial charge in [-0.25, -0.2) is 14.2 Å². The molecular formula is C23H24FN5O4. The van der Waals surface area contributed by atoms with Crippen molar-refractivity contribution in [3.05, 3.63) is 65.9 Å². The summed E-state index contributed by atoms with van der Waals surface area (Å²) in [7, 11) is 1.29. The molecule has 1 fully saturated rings. The maximum atomic E-state index is 13.7. The lowest BCUT2D eigenvalue weighted by Gasteiger charge is -2.38. The SMILES string of the molecule is COC(=O)c1ccc(-n2nccn2)c(C(=O)N2C[C@H](COc3ccc(F)cn3)CC[C@H]2C)c1. The lowest BCUT2D eigenvalue weighted by molar-refractivity contribution is 0.0502. The summed E-state index contributed by atoms with van der Waals surface area (Å²) in [6.45, 7) is 2.81. The van der Waals surface area contributed by atoms with Crippen LogP contribution in [0.2, 0.25) is 0 Å². The van der Waals surface area contributed by atoms with Crippen molar-refractivity contribution < 1.29 is 23.5 Å². The van der Waals surface area contributed by atoms with E-state index in [2.05, 4.69) is 15.2 Å². The maximum Gasteiger partial charge on any atom is 0.337 e. The number of likely N-dealkylation sites (tertiary alicyclic amines) is 1. The number of amides is 1. The van der Waals surface area contributed by atoms with Crippen molar-refractivity contribution in [2.75, 3.05) is 20.3 Å². The molecule has 0 unspecified atom stereocenters. The molecule has 1 amide bonds. The van der Waals surface area contributed by atoms with Crippen LogP contribution in [-0.4, -0.2) is 63.1 Å². The quantitative estimate of drug-likeness (QED) is 0.529. The van der Waals surface area contributed by atoms with Crippen molar-refractivity contribution in [1.29, 1.82) is 0 Å². The van der Waals surface area contributed by atoms with Crippen LogP contribution in [0.3, 0.4) is 0 Å². The number of rotatable bonds is 6. The van der Waals surface area contributed by atoms with Crippen molar-refractivity contribution in [3.8, 4) is 11.6 Å². The largest absolute Gasteiger partial charge is 0.477 e. The van der Waals surface area contributed by atoms with Crippen molar-refractivity contribution in [2.45, 2.75) is 25.8 Å². The summed E-state index contributed by atoms with van der Waals surface area (Å²) in [6, 6.07) is 7.49. The van der Waals surface area contributed by atoms with Gasteiger partial charge in [0.1, 0.15) is 5.82 Å². The molecule has 4 rings (SSSR count). The Bertz CT molecular complexity index is 1120. The van der Waals surface area contributed by atoms with Crippen LogP contribution in [0, 0.1) is 11.7 Å². The lowest BCUT2D eigenvalue weighted by Crippen LogP contribution is -2.47. The van der Waals surface area contributed by atoms with Gasteiger partial charge < -0.3 is 14.4 Å². The van der Waals surface area contributed by atoms with Gasteiger partial charge >= 0.3 is 5.97 Å². The number of aromatic nitrogens is 4. The molecule has 1 aliphatic heterocycles. The molecule has 1 aromatic carbocycles. The Morgan fingerprint density at radius 2 is 1.94 bits per heavy atom. The van der Waals surface area contributed by atoms with Crippen LogP contribution in [-0.2, 0) is 4.74 Å². The fourth-order valence-corrected chi connectivity index (χ4v) is 3.87. The number of ether oxygens (including phenoxy) is 2. The van der Waals surface area contributed by atoms with E-state index in [1.54, 1.807) is 17.0 Å². The molecule has 0 saturated carbocycles. The topological polar surface area (TPSA) is 99.4 Å². The molecule has 3 heterocycles. The van der Waals surface area contributed by atoms with Crippen LogP contribution in [0.25, 0.3) is 5.69 Å². The molecule has 2 aromatic heterocycles. The molecule has 1 saturated heterocycles. The van der Waals surface area contributed by atoms with E-state index in [-0.39, 0.29) is 23.4 Å². The van der Waals surface area contributed by atoms with Gasteiger partial charge in [-0.15, -0.1) is 0 Å². The van der Waals surface area contributed by atoms with Crippen LogP contribution in [0.15, 0.2) is 48.9 Å². The molecule has 0 bridgehead atoms. The molecule has 9 nitrogen and oxygen atoms in total. The second kappa shape index (κ2) is 9.76. The number of benzene rings is 1. The highest BCUT2D eigenvalue weighted by atomic mass is 19.1. The first-order chi connectivity index (χ1) is 16.0. The highest BCUT2D eigenvalue weighted by molar-refractivity contribution is 6.01. The summed E-state index contributed by atoms with van der Waals surface area (Å²) in [6.07, 6.45) is 5.81. The second-order valence-corrected chi connectivity index (χ2v) is 7.92. The van der Waals surface area contributed by atoms with Crippen molar-refractivity contribution in [3.63, 3.8) is 0 Å². The molecule has 1 aliphatic rings. The number of nitrogens with zero attached hydrogens (tertiary/aromatic N) is 5. The van der Waals surface area contributed by atoms with E-state index in [1.165, 1.54) is 42.5 Å². The zero-order valence-electron chi connectivity index (χ0n) is 18.3. The third-order valence-corrected chi connectivity index (χ3v) is 5.69. The summed E-state index contributed by atoms with van der Waals surface area (Å²) in [5.41, 5.74) is 1.05. The third-order valence-electron chi connectivity index (χ3n) is 5.69. The molecule has 172 valence electrons. The monoisotopic (exact) mass is 453 g/mol. The predicted octanol–water partition coefficient (Wildman–Crippen LogP) is 2.91. The van der Waals surface area contributed by atoms with Crippen LogP contribution in [0.4, 0.5) is 4.39 Å². The Kier molecular flexibility index (Phi) is 6.62. The van der Waals surface area contributed by atoms with Crippen LogP contribution in [0.1, 0.15) is 40.5 Å². The first kappa shape index (κ1) is 22.4. The summed E-state index contributed by atoms with van der Waals surface area (Å²) in [5, 5.41) is 8.28. The molecule has 2 atom stereocenters. The fraction of sp³-hybridized carbons (Fsp3) is 0.348. The Morgan fingerprint density at radius 3 is 2.64 bits per heavy atom. The van der Waals surface area contributed by atoms with E-state index < -0.39 is 11.8 Å². The van der Waals surface area contributed by atoms with Gasteiger partial charge in [0.15, 0.2) is 0 Å². The first-order valence-corrected chi connectivity index (χ1v) is 10.6. The van der Waals surface area contributed by atoms with E-state index in [9.17, 15) is 14.0 Å². The van der Waals surface area contributed by atoms with Crippen molar-refractivity contribution in [2.24, 2.45) is 5.92 Å². The van der Waals surface area contributed by atoms with Gasteiger partial charge in [-0.3, -0.25) is 4.79 Å². The number of methoxy groups -OCH3 is 1. The van der Waals surface area contributed by atoms with Crippen LogP contribution in [0.5, 0.6) is 5.88 Å². The van der Waals surface area contributed by atoms with E-state index in [0.29, 0.717) is 30.3 Å². The Morgan fingerprint density at radius 1 is 1.15 bits per heavy atom. The number of esters is 1. The number of hydrogen-bond acceptors (Lipinski definition) is 7. The molecule has 0 spiro atoms. The smallest absolute Gasteiger partial charge is 0.337 e. The molecule has 0 N–H and O–H groups in total. The van der Waals surface area contributed by atoms with Gasteiger partial charge in [-0.05, 0) is 44.0 Å². The Hall–Kier alpha value is -3.82. The van der Waals surface area contributed by atoms with Gasteiger partial charge in [-0.2, -0.15) is 15.0 Å². The number of pyridine rings is 1. The standard InChI is InChI=1S/C23H24FN5O4/c1-15-3-4-16(14-33-21-8-6-18(24)12-25-21)13-28(15)22(30)19-11-17(23(31)32-2)5-7-20(19)29-26-9-10-27-29/h5-12,15-16H,3-4,13-14H2,1-2H3/t15-,16-/m1/s1. The molecule has 0 radical (unpaired) electrons. The summed E-state index contributed by atoms with van der Waals surface area (Å²) in [4.78, 5) is 32.8. The predicted molar refractivity (Wildman–Crippen MR) is 116 cm³/mol. The van der Waals surface area contributed by atoms with E-state index >= 15 is 0 Å². The minimum atomic E-state index is -0.534. The highest BCUT2D eigenvalue weighted by Gasteiger charge is 2.32. The minimum Gasteiger partial charge on any atom is -0.477 e. The summed E-state index contributed by atoms with van der Waals surface area (Å²) in [5.74, 6) is -0.779. The van der Waals surface area contributed by atoms with Crippen LogP contribution >= 0.6 is 0 Å². The summed E-state index contributed by atoms with van der Waals surface area (Å²) >= 11 is 0. The zero-order chi connectivity index (χ0) is 23.4.